The second kappa shape index (κ2) is 9.58. The lowest BCUT2D eigenvalue weighted by Crippen LogP contribution is -2.41. The third-order valence-electron chi connectivity index (χ3n) is 4.55. The van der Waals surface area contributed by atoms with Gasteiger partial charge in [0.1, 0.15) is 0 Å². The van der Waals surface area contributed by atoms with Crippen LogP contribution in [0.1, 0.15) is 36.2 Å². The van der Waals surface area contributed by atoms with Crippen molar-refractivity contribution in [2.75, 3.05) is 5.01 Å². The van der Waals surface area contributed by atoms with Crippen molar-refractivity contribution < 1.29 is 9.90 Å². The average molecular weight is 428 g/mol. The lowest BCUT2D eigenvalue weighted by Gasteiger charge is -2.27. The summed E-state index contributed by atoms with van der Waals surface area (Å²) in [5.74, 6) is -0.951. The molecule has 0 aliphatic rings. The van der Waals surface area contributed by atoms with E-state index < -0.39 is 5.97 Å². The Morgan fingerprint density at radius 3 is 2.72 bits per heavy atom. The molecule has 3 aromatic rings. The van der Waals surface area contributed by atoms with Gasteiger partial charge in [-0.1, -0.05) is 54.9 Å². The van der Waals surface area contributed by atoms with Crippen LogP contribution in [0.2, 0.25) is 5.02 Å². The summed E-state index contributed by atoms with van der Waals surface area (Å²) in [5.41, 5.74) is 5.87. The van der Waals surface area contributed by atoms with Crippen LogP contribution in [0.4, 0.5) is 5.13 Å². The summed E-state index contributed by atoms with van der Waals surface area (Å²) in [6.07, 6.45) is 4.40. The number of rotatable bonds is 8. The Kier molecular flexibility index (Phi) is 6.90. The van der Waals surface area contributed by atoms with E-state index in [2.05, 4.69) is 19.3 Å². The lowest BCUT2D eigenvalue weighted by atomic mass is 10.1. The molecule has 2 N–H and O–H groups in total. The van der Waals surface area contributed by atoms with Crippen molar-refractivity contribution in [1.29, 1.82) is 0 Å². The smallest absolute Gasteiger partial charge is 0.336 e. The Bertz CT molecular complexity index is 1020. The molecule has 1 unspecified atom stereocenters. The normalized spacial score (nSPS) is 12.1. The summed E-state index contributed by atoms with van der Waals surface area (Å²) in [5, 5.41) is 14.8. The van der Waals surface area contributed by atoms with Gasteiger partial charge in [-0.2, -0.15) is 0 Å². The monoisotopic (exact) mass is 427 g/mol. The average Bonchev–Trinajstić information content (AvgIpc) is 3.20. The van der Waals surface area contributed by atoms with Gasteiger partial charge in [-0.3, -0.25) is 5.01 Å². The Balaban J connectivity index is 1.83. The number of carbonyl (C=O) groups is 1. The number of hydrogen-bond donors (Lipinski definition) is 2. The summed E-state index contributed by atoms with van der Waals surface area (Å²) in [6.45, 7) is 4.20. The van der Waals surface area contributed by atoms with Crippen LogP contribution in [-0.4, -0.2) is 22.1 Å². The second-order valence-electron chi connectivity index (χ2n) is 6.48. The quantitative estimate of drug-likeness (QED) is 0.435. The van der Waals surface area contributed by atoms with E-state index in [1.807, 2.05) is 40.7 Å². The van der Waals surface area contributed by atoms with Gasteiger partial charge in [0, 0.05) is 28.2 Å². The standard InChI is InChI=1S/C22H22ClN3O2S/c1-3-15(2)26(24-13-12-16-8-4-5-9-17(16)21(27)28)22-25-20(14-29-22)18-10-6-7-11-19(18)23/h4-15,24H,3H2,1-2H3,(H,27,28)/b13-12-. The first-order valence-corrected chi connectivity index (χ1v) is 10.5. The van der Waals surface area contributed by atoms with Crippen molar-refractivity contribution in [3.05, 3.63) is 76.3 Å². The number of thiazole rings is 1. The molecule has 150 valence electrons. The Labute approximate surface area is 179 Å². The van der Waals surface area contributed by atoms with Gasteiger partial charge in [-0.25, -0.2) is 9.78 Å². The van der Waals surface area contributed by atoms with Gasteiger partial charge >= 0.3 is 5.97 Å². The van der Waals surface area contributed by atoms with Crippen LogP contribution in [0, 0.1) is 0 Å². The van der Waals surface area contributed by atoms with Gasteiger partial charge in [0.05, 0.1) is 11.3 Å². The van der Waals surface area contributed by atoms with Crippen molar-refractivity contribution in [3.8, 4) is 11.3 Å². The summed E-state index contributed by atoms with van der Waals surface area (Å²) < 4.78 is 0. The molecule has 1 heterocycles. The van der Waals surface area contributed by atoms with E-state index in [-0.39, 0.29) is 11.6 Å². The molecule has 0 amide bonds. The number of benzene rings is 2. The Morgan fingerprint density at radius 2 is 2.00 bits per heavy atom. The van der Waals surface area contributed by atoms with E-state index in [9.17, 15) is 9.90 Å². The van der Waals surface area contributed by atoms with Crippen LogP contribution in [0.15, 0.2) is 60.1 Å². The Hall–Kier alpha value is -2.83. The van der Waals surface area contributed by atoms with E-state index in [0.717, 1.165) is 22.8 Å². The van der Waals surface area contributed by atoms with E-state index >= 15 is 0 Å². The molecule has 1 aromatic heterocycles. The molecule has 0 radical (unpaired) electrons. The fraction of sp³-hybridized carbons (Fsp3) is 0.182. The van der Waals surface area contributed by atoms with Crippen molar-refractivity contribution >= 4 is 40.1 Å². The van der Waals surface area contributed by atoms with Crippen molar-refractivity contribution in [2.45, 2.75) is 26.3 Å². The van der Waals surface area contributed by atoms with E-state index in [1.165, 1.54) is 11.3 Å². The summed E-state index contributed by atoms with van der Waals surface area (Å²) >= 11 is 7.83. The molecule has 0 fully saturated rings. The van der Waals surface area contributed by atoms with E-state index in [4.69, 9.17) is 16.6 Å². The molecule has 2 aromatic carbocycles. The number of carboxylic acid groups (broad SMARTS) is 1. The first-order chi connectivity index (χ1) is 14.0. The number of aromatic nitrogens is 1. The predicted molar refractivity (Wildman–Crippen MR) is 120 cm³/mol. The number of halogens is 1. The number of hydrogen-bond acceptors (Lipinski definition) is 5. The maximum atomic E-state index is 11.4. The first-order valence-electron chi connectivity index (χ1n) is 9.26. The van der Waals surface area contributed by atoms with Gasteiger partial charge in [0.15, 0.2) is 0 Å². The molecule has 1 atom stereocenters. The summed E-state index contributed by atoms with van der Waals surface area (Å²) in [4.78, 5) is 16.1. The van der Waals surface area contributed by atoms with Crippen molar-refractivity contribution in [3.63, 3.8) is 0 Å². The SMILES string of the molecule is CCC(C)N(N/C=C\c1ccccc1C(=O)O)c1nc(-c2ccccc2Cl)cs1. The minimum atomic E-state index is -0.951. The molecule has 0 saturated carbocycles. The zero-order chi connectivity index (χ0) is 20.8. The molecule has 0 spiro atoms. The third-order valence-corrected chi connectivity index (χ3v) is 5.72. The lowest BCUT2D eigenvalue weighted by molar-refractivity contribution is 0.0696. The number of anilines is 1. The van der Waals surface area contributed by atoms with Crippen LogP contribution < -0.4 is 10.4 Å². The zero-order valence-corrected chi connectivity index (χ0v) is 17.7. The van der Waals surface area contributed by atoms with E-state index in [1.54, 1.807) is 30.5 Å². The largest absolute Gasteiger partial charge is 0.478 e. The molecule has 0 bridgehead atoms. The maximum absolute atomic E-state index is 11.4. The van der Waals surface area contributed by atoms with Gasteiger partial charge < -0.3 is 10.5 Å². The maximum Gasteiger partial charge on any atom is 0.336 e. The molecule has 3 rings (SSSR count). The van der Waals surface area contributed by atoms with Crippen LogP contribution in [-0.2, 0) is 0 Å². The summed E-state index contributed by atoms with van der Waals surface area (Å²) in [7, 11) is 0. The number of carboxylic acids is 1. The second-order valence-corrected chi connectivity index (χ2v) is 7.72. The number of nitrogens with one attached hydrogen (secondary N) is 1. The van der Waals surface area contributed by atoms with Crippen molar-refractivity contribution in [2.24, 2.45) is 0 Å². The van der Waals surface area contributed by atoms with Gasteiger partial charge in [0.2, 0.25) is 5.13 Å². The first kappa shape index (κ1) is 20.9. The zero-order valence-electron chi connectivity index (χ0n) is 16.2. The number of aromatic carboxylic acids is 1. The highest BCUT2D eigenvalue weighted by atomic mass is 35.5. The minimum Gasteiger partial charge on any atom is -0.478 e. The van der Waals surface area contributed by atoms with Gasteiger partial charge in [-0.05, 0) is 37.1 Å². The predicted octanol–water partition coefficient (Wildman–Crippen LogP) is 5.94. The van der Waals surface area contributed by atoms with Crippen LogP contribution in [0.25, 0.3) is 17.3 Å². The molecule has 0 saturated heterocycles. The number of nitrogens with zero attached hydrogens (tertiary/aromatic N) is 2. The molecule has 29 heavy (non-hydrogen) atoms. The van der Waals surface area contributed by atoms with Crippen LogP contribution in [0.5, 0.6) is 0 Å². The fourth-order valence-corrected chi connectivity index (χ4v) is 3.89. The summed E-state index contributed by atoms with van der Waals surface area (Å²) in [6, 6.07) is 14.7. The third kappa shape index (κ3) is 4.96. The highest BCUT2D eigenvalue weighted by Gasteiger charge is 2.17. The topological polar surface area (TPSA) is 65.5 Å². The molecule has 0 aliphatic heterocycles. The van der Waals surface area contributed by atoms with Crippen molar-refractivity contribution in [1.82, 2.24) is 10.4 Å². The fourth-order valence-electron chi connectivity index (χ4n) is 2.77. The molecule has 0 aliphatic carbocycles. The van der Waals surface area contributed by atoms with Gasteiger partial charge in [-0.15, -0.1) is 11.3 Å². The molecule has 7 heteroatoms. The molecule has 5 nitrogen and oxygen atoms in total. The van der Waals surface area contributed by atoms with Gasteiger partial charge in [0.25, 0.3) is 0 Å². The van der Waals surface area contributed by atoms with Crippen LogP contribution in [0.3, 0.4) is 0 Å². The Morgan fingerprint density at radius 1 is 1.28 bits per heavy atom. The molecular formula is C22H22ClN3O2S. The highest BCUT2D eigenvalue weighted by molar-refractivity contribution is 7.14. The number of hydrazine groups is 1. The minimum absolute atomic E-state index is 0.180. The highest BCUT2D eigenvalue weighted by Crippen LogP contribution is 2.32. The van der Waals surface area contributed by atoms with Crippen LogP contribution >= 0.6 is 22.9 Å². The van der Waals surface area contributed by atoms with E-state index in [0.29, 0.717) is 10.6 Å². The molecular weight excluding hydrogens is 406 g/mol.